The van der Waals surface area contributed by atoms with Crippen LogP contribution in [0.5, 0.6) is 0 Å². The van der Waals surface area contributed by atoms with E-state index in [0.717, 1.165) is 0 Å². The Hall–Kier alpha value is -0.570. The van der Waals surface area contributed by atoms with E-state index in [2.05, 4.69) is 0 Å². The lowest BCUT2D eigenvalue weighted by Crippen LogP contribution is -2.26. The lowest BCUT2D eigenvalue weighted by atomic mass is 10.1. The maximum atomic E-state index is 11.2. The second-order valence-electron chi connectivity index (χ2n) is 3.64. The van der Waals surface area contributed by atoms with Crippen molar-refractivity contribution in [2.75, 3.05) is 13.2 Å². The zero-order valence-corrected chi connectivity index (χ0v) is 7.87. The maximum Gasteiger partial charge on any atom is 0.308 e. The third-order valence-corrected chi connectivity index (χ3v) is 2.04. The molecule has 1 aliphatic heterocycles. The number of ether oxygens (including phenoxy) is 2. The predicted octanol–water partition coefficient (Wildman–Crippen LogP) is 1.22. The Morgan fingerprint density at radius 1 is 1.50 bits per heavy atom. The van der Waals surface area contributed by atoms with Crippen molar-refractivity contribution in [1.82, 2.24) is 0 Å². The minimum atomic E-state index is -0.127. The van der Waals surface area contributed by atoms with E-state index in [0.29, 0.717) is 19.1 Å². The molecule has 12 heavy (non-hydrogen) atoms. The van der Waals surface area contributed by atoms with Crippen molar-refractivity contribution in [2.24, 2.45) is 11.8 Å². The number of esters is 1. The molecule has 1 heterocycles. The number of hydrogen-bond donors (Lipinski definition) is 0. The molecular weight excluding hydrogens is 156 g/mol. The van der Waals surface area contributed by atoms with Crippen molar-refractivity contribution in [3.05, 3.63) is 0 Å². The lowest BCUT2D eigenvalue weighted by Gasteiger charge is -2.15. The fourth-order valence-electron chi connectivity index (χ4n) is 1.08. The molecule has 0 spiro atoms. The largest absolute Gasteiger partial charge is 0.459 e. The highest BCUT2D eigenvalue weighted by atomic mass is 16.6. The minimum absolute atomic E-state index is 0.0279. The van der Waals surface area contributed by atoms with Gasteiger partial charge in [-0.15, -0.1) is 0 Å². The van der Waals surface area contributed by atoms with Gasteiger partial charge in [-0.25, -0.2) is 0 Å². The smallest absolute Gasteiger partial charge is 0.308 e. The summed E-state index contributed by atoms with van der Waals surface area (Å²) in [5.41, 5.74) is 0. The van der Waals surface area contributed by atoms with Gasteiger partial charge in [-0.2, -0.15) is 0 Å². The molecule has 0 radical (unpaired) electrons. The molecule has 1 saturated heterocycles. The zero-order valence-electron chi connectivity index (χ0n) is 7.87. The van der Waals surface area contributed by atoms with Gasteiger partial charge in [0.25, 0.3) is 0 Å². The quantitative estimate of drug-likeness (QED) is 0.587. The maximum absolute atomic E-state index is 11.2. The molecule has 1 rings (SSSR count). The summed E-state index contributed by atoms with van der Waals surface area (Å²) < 4.78 is 10.4. The third-order valence-electron chi connectivity index (χ3n) is 2.04. The van der Waals surface area contributed by atoms with Gasteiger partial charge in [0.15, 0.2) is 0 Å². The normalized spacial score (nSPS) is 29.3. The van der Waals surface area contributed by atoms with Crippen molar-refractivity contribution in [3.8, 4) is 0 Å². The van der Waals surface area contributed by atoms with Gasteiger partial charge in [0, 0.05) is 5.92 Å². The highest BCUT2D eigenvalue weighted by Gasteiger charge is 2.28. The molecule has 2 unspecified atom stereocenters. The average molecular weight is 172 g/mol. The highest BCUT2D eigenvalue weighted by molar-refractivity contribution is 5.71. The van der Waals surface area contributed by atoms with Crippen LogP contribution >= 0.6 is 0 Å². The van der Waals surface area contributed by atoms with E-state index in [1.54, 1.807) is 0 Å². The first-order chi connectivity index (χ1) is 5.61. The van der Waals surface area contributed by atoms with Gasteiger partial charge in [0.2, 0.25) is 0 Å². The lowest BCUT2D eigenvalue weighted by molar-refractivity contribution is -0.154. The number of carbonyl (C=O) groups is 1. The van der Waals surface area contributed by atoms with Crippen LogP contribution in [0, 0.1) is 11.8 Å². The minimum Gasteiger partial charge on any atom is -0.459 e. The molecule has 3 nitrogen and oxygen atoms in total. The van der Waals surface area contributed by atoms with E-state index in [1.165, 1.54) is 0 Å². The summed E-state index contributed by atoms with van der Waals surface area (Å²) in [7, 11) is 0. The molecule has 0 aromatic heterocycles. The van der Waals surface area contributed by atoms with Gasteiger partial charge in [-0.05, 0) is 0 Å². The van der Waals surface area contributed by atoms with Crippen molar-refractivity contribution < 1.29 is 14.3 Å². The Morgan fingerprint density at radius 2 is 2.17 bits per heavy atom. The highest BCUT2D eigenvalue weighted by Crippen LogP contribution is 2.17. The van der Waals surface area contributed by atoms with E-state index in [1.807, 2.05) is 20.8 Å². The van der Waals surface area contributed by atoms with E-state index >= 15 is 0 Å². The third kappa shape index (κ3) is 2.21. The molecule has 70 valence electrons. The molecule has 0 bridgehead atoms. The first kappa shape index (κ1) is 9.52. The van der Waals surface area contributed by atoms with Gasteiger partial charge < -0.3 is 9.47 Å². The molecule has 3 heteroatoms. The zero-order chi connectivity index (χ0) is 9.14. The predicted molar refractivity (Wildman–Crippen MR) is 44.7 cm³/mol. The summed E-state index contributed by atoms with van der Waals surface area (Å²) in [6.07, 6.45) is -0.0279. The Balaban J connectivity index is 2.35. The molecule has 0 amide bonds. The Morgan fingerprint density at radius 3 is 2.58 bits per heavy atom. The Kier molecular flexibility index (Phi) is 3.09. The van der Waals surface area contributed by atoms with E-state index in [9.17, 15) is 4.79 Å². The molecule has 2 atom stereocenters. The fraction of sp³-hybridized carbons (Fsp3) is 0.889. The van der Waals surface area contributed by atoms with Crippen LogP contribution in [0.1, 0.15) is 20.8 Å². The molecular formula is C9H16O3. The molecule has 0 aromatic carbocycles. The van der Waals surface area contributed by atoms with Gasteiger partial charge in [0.05, 0.1) is 19.1 Å². The van der Waals surface area contributed by atoms with E-state index in [-0.39, 0.29) is 18.0 Å². The fourth-order valence-corrected chi connectivity index (χ4v) is 1.08. The first-order valence-electron chi connectivity index (χ1n) is 4.39. The van der Waals surface area contributed by atoms with Crippen LogP contribution in [0.3, 0.4) is 0 Å². The van der Waals surface area contributed by atoms with Crippen molar-refractivity contribution in [3.63, 3.8) is 0 Å². The summed E-state index contributed by atoms with van der Waals surface area (Å²) in [5, 5.41) is 0. The summed E-state index contributed by atoms with van der Waals surface area (Å²) >= 11 is 0. The van der Waals surface area contributed by atoms with Crippen LogP contribution in [0.4, 0.5) is 0 Å². The van der Waals surface area contributed by atoms with Gasteiger partial charge in [-0.3, -0.25) is 4.79 Å². The second-order valence-corrected chi connectivity index (χ2v) is 3.64. The van der Waals surface area contributed by atoms with Crippen molar-refractivity contribution in [1.29, 1.82) is 0 Å². The van der Waals surface area contributed by atoms with Gasteiger partial charge >= 0.3 is 5.97 Å². The SMILES string of the molecule is CC(C)C(=O)OC1COCC1C. The van der Waals surface area contributed by atoms with Crippen molar-refractivity contribution in [2.45, 2.75) is 26.9 Å². The van der Waals surface area contributed by atoms with Gasteiger partial charge in [-0.1, -0.05) is 20.8 Å². The Bertz CT molecular complexity index is 165. The van der Waals surface area contributed by atoms with Crippen LogP contribution in [0.15, 0.2) is 0 Å². The number of carbonyl (C=O) groups excluding carboxylic acids is 1. The van der Waals surface area contributed by atoms with Crippen LogP contribution in [0.2, 0.25) is 0 Å². The molecule has 0 aromatic rings. The first-order valence-corrected chi connectivity index (χ1v) is 4.39. The van der Waals surface area contributed by atoms with Gasteiger partial charge in [0.1, 0.15) is 6.10 Å². The number of rotatable bonds is 2. The number of hydrogen-bond acceptors (Lipinski definition) is 3. The average Bonchev–Trinajstić information content (AvgIpc) is 2.36. The topological polar surface area (TPSA) is 35.5 Å². The molecule has 1 fully saturated rings. The van der Waals surface area contributed by atoms with Crippen molar-refractivity contribution >= 4 is 5.97 Å². The summed E-state index contributed by atoms with van der Waals surface area (Å²) in [6, 6.07) is 0. The summed E-state index contributed by atoms with van der Waals surface area (Å²) in [6.45, 7) is 6.96. The van der Waals surface area contributed by atoms with Crippen LogP contribution < -0.4 is 0 Å². The molecule has 0 saturated carbocycles. The second kappa shape index (κ2) is 3.90. The van der Waals surface area contributed by atoms with Crippen LogP contribution in [-0.4, -0.2) is 25.3 Å². The molecule has 0 N–H and O–H groups in total. The standard InChI is InChI=1S/C9H16O3/c1-6(2)9(10)12-8-5-11-4-7(8)3/h6-8H,4-5H2,1-3H3. The molecule has 1 aliphatic rings. The monoisotopic (exact) mass is 172 g/mol. The summed E-state index contributed by atoms with van der Waals surface area (Å²) in [4.78, 5) is 11.2. The van der Waals surface area contributed by atoms with E-state index in [4.69, 9.17) is 9.47 Å². The Labute approximate surface area is 73.0 Å². The summed E-state index contributed by atoms with van der Waals surface area (Å²) in [5.74, 6) is 0.169. The molecule has 0 aliphatic carbocycles. The van der Waals surface area contributed by atoms with Crippen LogP contribution in [-0.2, 0) is 14.3 Å². The van der Waals surface area contributed by atoms with Crippen LogP contribution in [0.25, 0.3) is 0 Å². The van der Waals surface area contributed by atoms with E-state index < -0.39 is 0 Å².